The van der Waals surface area contributed by atoms with Crippen LogP contribution in [0.3, 0.4) is 0 Å². The van der Waals surface area contributed by atoms with Crippen LogP contribution in [0.25, 0.3) is 0 Å². The van der Waals surface area contributed by atoms with E-state index >= 15 is 0 Å². The van der Waals surface area contributed by atoms with E-state index in [2.05, 4.69) is 10.2 Å². The first kappa shape index (κ1) is 11.9. The van der Waals surface area contributed by atoms with Gasteiger partial charge in [-0.15, -0.1) is 10.2 Å². The summed E-state index contributed by atoms with van der Waals surface area (Å²) in [4.78, 5) is 0. The number of hydrogen-bond acceptors (Lipinski definition) is 4. The molecule has 90 valence electrons. The summed E-state index contributed by atoms with van der Waals surface area (Å²) < 4.78 is 14.2. The smallest absolute Gasteiger partial charge is 0.210 e. The van der Waals surface area contributed by atoms with E-state index < -0.39 is 0 Å². The van der Waals surface area contributed by atoms with E-state index in [4.69, 9.17) is 5.84 Å². The molecule has 0 bridgehead atoms. The molecular formula is C11H13FN4S. The third-order valence-electron chi connectivity index (χ3n) is 2.46. The summed E-state index contributed by atoms with van der Waals surface area (Å²) in [7, 11) is 0. The highest BCUT2D eigenvalue weighted by molar-refractivity contribution is 7.99. The molecule has 4 nitrogen and oxygen atoms in total. The van der Waals surface area contributed by atoms with Gasteiger partial charge >= 0.3 is 0 Å². The lowest BCUT2D eigenvalue weighted by atomic mass is 10.2. The van der Waals surface area contributed by atoms with Gasteiger partial charge in [-0.2, -0.15) is 0 Å². The van der Waals surface area contributed by atoms with E-state index in [1.54, 1.807) is 19.1 Å². The first-order chi connectivity index (χ1) is 8.08. The molecule has 2 rings (SSSR count). The Morgan fingerprint density at radius 2 is 1.94 bits per heavy atom. The Kier molecular flexibility index (Phi) is 3.33. The van der Waals surface area contributed by atoms with Crippen molar-refractivity contribution < 1.29 is 4.39 Å². The lowest BCUT2D eigenvalue weighted by Crippen LogP contribution is -2.11. The number of nitrogens with zero attached hydrogens (tertiary/aromatic N) is 3. The number of hydrogen-bond donors (Lipinski definition) is 1. The van der Waals surface area contributed by atoms with Gasteiger partial charge in [0.2, 0.25) is 5.16 Å². The normalized spacial score (nSPS) is 12.6. The summed E-state index contributed by atoms with van der Waals surface area (Å²) in [5.41, 5.74) is 1.03. The molecule has 0 unspecified atom stereocenters. The van der Waals surface area contributed by atoms with Crippen LogP contribution in [0.2, 0.25) is 0 Å². The lowest BCUT2D eigenvalue weighted by Gasteiger charge is -2.10. The molecule has 1 aromatic carbocycles. The fourth-order valence-corrected chi connectivity index (χ4v) is 2.33. The molecule has 6 heteroatoms. The van der Waals surface area contributed by atoms with Crippen LogP contribution in [-0.4, -0.2) is 14.9 Å². The van der Waals surface area contributed by atoms with Crippen LogP contribution in [0.5, 0.6) is 0 Å². The SMILES string of the molecule is Cc1nnc(S[C@H](C)c2ccc(F)cc2)n1N. The minimum absolute atomic E-state index is 0.140. The molecule has 2 N–H and O–H groups in total. The molecule has 0 amide bonds. The monoisotopic (exact) mass is 252 g/mol. The number of aromatic nitrogens is 3. The van der Waals surface area contributed by atoms with Crippen LogP contribution in [0, 0.1) is 12.7 Å². The number of nitrogen functional groups attached to an aromatic ring is 1. The second kappa shape index (κ2) is 4.75. The Bertz CT molecular complexity index is 509. The van der Waals surface area contributed by atoms with E-state index in [-0.39, 0.29) is 11.1 Å². The molecule has 2 aromatic rings. The Labute approximate surface area is 103 Å². The lowest BCUT2D eigenvalue weighted by molar-refractivity contribution is 0.627. The predicted molar refractivity (Wildman–Crippen MR) is 65.6 cm³/mol. The van der Waals surface area contributed by atoms with Crippen LogP contribution >= 0.6 is 11.8 Å². The van der Waals surface area contributed by atoms with E-state index in [1.165, 1.54) is 28.6 Å². The third-order valence-corrected chi connectivity index (χ3v) is 3.57. The van der Waals surface area contributed by atoms with Gasteiger partial charge < -0.3 is 5.84 Å². The molecule has 17 heavy (non-hydrogen) atoms. The van der Waals surface area contributed by atoms with Gasteiger partial charge in [-0.05, 0) is 31.5 Å². The van der Waals surface area contributed by atoms with Crippen molar-refractivity contribution in [2.75, 3.05) is 5.84 Å². The maximum absolute atomic E-state index is 12.8. The van der Waals surface area contributed by atoms with Crippen molar-refractivity contribution in [3.8, 4) is 0 Å². The highest BCUT2D eigenvalue weighted by atomic mass is 32.2. The van der Waals surface area contributed by atoms with Crippen molar-refractivity contribution in [2.45, 2.75) is 24.3 Å². The van der Waals surface area contributed by atoms with Gasteiger partial charge in [0.1, 0.15) is 11.6 Å². The predicted octanol–water partition coefficient (Wildman–Crippen LogP) is 2.29. The molecule has 0 saturated heterocycles. The number of nitrogens with two attached hydrogens (primary N) is 1. The average molecular weight is 252 g/mol. The standard InChI is InChI=1S/C11H13FN4S/c1-7(9-3-5-10(12)6-4-9)17-11-15-14-8(2)16(11)13/h3-7H,13H2,1-2H3/t7-/m1/s1. The van der Waals surface area contributed by atoms with Crippen LogP contribution in [0.15, 0.2) is 29.4 Å². The fourth-order valence-electron chi connectivity index (χ4n) is 1.39. The maximum Gasteiger partial charge on any atom is 0.210 e. The van der Waals surface area contributed by atoms with Crippen molar-refractivity contribution in [1.29, 1.82) is 0 Å². The van der Waals surface area contributed by atoms with Crippen molar-refractivity contribution in [3.63, 3.8) is 0 Å². The topological polar surface area (TPSA) is 56.7 Å². The summed E-state index contributed by atoms with van der Waals surface area (Å²) in [6, 6.07) is 6.42. The molecule has 0 aliphatic carbocycles. The van der Waals surface area contributed by atoms with Gasteiger partial charge in [0.05, 0.1) is 0 Å². The maximum atomic E-state index is 12.8. The molecule has 0 aliphatic heterocycles. The zero-order valence-corrected chi connectivity index (χ0v) is 10.4. The molecule has 1 heterocycles. The summed E-state index contributed by atoms with van der Waals surface area (Å²) in [6.45, 7) is 3.81. The largest absolute Gasteiger partial charge is 0.336 e. The molecule has 0 saturated carbocycles. The molecule has 0 radical (unpaired) electrons. The van der Waals surface area contributed by atoms with Gasteiger partial charge in [-0.1, -0.05) is 23.9 Å². The van der Waals surface area contributed by atoms with Crippen molar-refractivity contribution in [3.05, 3.63) is 41.5 Å². The highest BCUT2D eigenvalue weighted by Crippen LogP contribution is 2.33. The molecule has 1 atom stereocenters. The first-order valence-electron chi connectivity index (χ1n) is 5.17. The Hall–Kier alpha value is -1.56. The number of benzene rings is 1. The summed E-state index contributed by atoms with van der Waals surface area (Å²) in [5, 5.41) is 8.65. The minimum Gasteiger partial charge on any atom is -0.336 e. The van der Waals surface area contributed by atoms with E-state index in [9.17, 15) is 4.39 Å². The van der Waals surface area contributed by atoms with Crippen LogP contribution in [-0.2, 0) is 0 Å². The van der Waals surface area contributed by atoms with Crippen molar-refractivity contribution in [1.82, 2.24) is 14.9 Å². The Balaban J connectivity index is 2.14. The first-order valence-corrected chi connectivity index (χ1v) is 6.05. The average Bonchev–Trinajstić information content (AvgIpc) is 2.62. The van der Waals surface area contributed by atoms with Gasteiger partial charge in [0.15, 0.2) is 0 Å². The third kappa shape index (κ3) is 2.58. The van der Waals surface area contributed by atoms with E-state index in [0.717, 1.165) is 5.56 Å². The number of aryl methyl sites for hydroxylation is 1. The van der Waals surface area contributed by atoms with Crippen LogP contribution in [0.4, 0.5) is 4.39 Å². The Morgan fingerprint density at radius 1 is 1.29 bits per heavy atom. The van der Waals surface area contributed by atoms with Crippen molar-refractivity contribution in [2.24, 2.45) is 0 Å². The summed E-state index contributed by atoms with van der Waals surface area (Å²) in [6.07, 6.45) is 0. The quantitative estimate of drug-likeness (QED) is 0.672. The Morgan fingerprint density at radius 3 is 2.47 bits per heavy atom. The van der Waals surface area contributed by atoms with Crippen LogP contribution < -0.4 is 5.84 Å². The van der Waals surface area contributed by atoms with Gasteiger partial charge in [-0.3, -0.25) is 0 Å². The highest BCUT2D eigenvalue weighted by Gasteiger charge is 2.13. The fraction of sp³-hybridized carbons (Fsp3) is 0.273. The van der Waals surface area contributed by atoms with Crippen molar-refractivity contribution >= 4 is 11.8 Å². The minimum atomic E-state index is -0.233. The summed E-state index contributed by atoms with van der Waals surface area (Å²) >= 11 is 1.49. The molecule has 0 fully saturated rings. The zero-order chi connectivity index (χ0) is 12.4. The van der Waals surface area contributed by atoms with Gasteiger partial charge in [0.25, 0.3) is 0 Å². The van der Waals surface area contributed by atoms with Gasteiger partial charge in [-0.25, -0.2) is 9.07 Å². The number of thioether (sulfide) groups is 1. The molecule has 1 aromatic heterocycles. The molecular weight excluding hydrogens is 239 g/mol. The van der Waals surface area contributed by atoms with E-state index in [1.807, 2.05) is 6.92 Å². The molecule has 0 spiro atoms. The van der Waals surface area contributed by atoms with Crippen LogP contribution in [0.1, 0.15) is 23.6 Å². The van der Waals surface area contributed by atoms with E-state index in [0.29, 0.717) is 11.0 Å². The van der Waals surface area contributed by atoms with Gasteiger partial charge in [0, 0.05) is 5.25 Å². The molecule has 0 aliphatic rings. The number of halogens is 1. The zero-order valence-electron chi connectivity index (χ0n) is 9.59. The second-order valence-electron chi connectivity index (χ2n) is 3.71. The number of rotatable bonds is 3. The summed E-state index contributed by atoms with van der Waals surface area (Å²) in [5.74, 6) is 6.20. The second-order valence-corrected chi connectivity index (χ2v) is 5.02.